The molecule has 7 N–H and O–H groups in total. The Balaban J connectivity index is 1.84. The van der Waals surface area contributed by atoms with E-state index in [1.165, 1.54) is 44.9 Å². The Hall–Kier alpha value is -3.06. The number of allylic oxidation sites excluding steroid dienone is 12. The molecule has 384 valence electrons. The second kappa shape index (κ2) is 38.8. The lowest BCUT2D eigenvalue weighted by Crippen LogP contribution is -2.61. The van der Waals surface area contributed by atoms with E-state index in [1.807, 2.05) is 18.2 Å². The molecule has 2 fully saturated rings. The Bertz CT molecular complexity index is 1440. The van der Waals surface area contributed by atoms with Gasteiger partial charge in [0, 0.05) is 12.8 Å². The summed E-state index contributed by atoms with van der Waals surface area (Å²) in [5.74, 6) is -1.04. The third-order valence-electron chi connectivity index (χ3n) is 11.4. The van der Waals surface area contributed by atoms with Crippen molar-refractivity contribution in [2.45, 2.75) is 216 Å². The molecule has 2 heterocycles. The van der Waals surface area contributed by atoms with Crippen LogP contribution in [0.5, 0.6) is 0 Å². The van der Waals surface area contributed by atoms with Crippen LogP contribution in [0.3, 0.4) is 0 Å². The van der Waals surface area contributed by atoms with Crippen LogP contribution < -0.4 is 0 Å². The molecule has 0 bridgehead atoms. The molecule has 2 aliphatic rings. The highest BCUT2D eigenvalue weighted by Gasteiger charge is 2.47. The van der Waals surface area contributed by atoms with E-state index in [-0.39, 0.29) is 19.4 Å². The Labute approximate surface area is 400 Å². The van der Waals surface area contributed by atoms with Gasteiger partial charge in [0.15, 0.2) is 18.7 Å². The number of aliphatic hydroxyl groups excluding tert-OH is 7. The number of aliphatic hydroxyl groups is 7. The molecule has 0 saturated carbocycles. The van der Waals surface area contributed by atoms with Gasteiger partial charge in [-0.2, -0.15) is 0 Å². The van der Waals surface area contributed by atoms with Crippen molar-refractivity contribution in [2.75, 3.05) is 26.4 Å². The molecule has 15 nitrogen and oxygen atoms in total. The second-order valence-corrected chi connectivity index (χ2v) is 17.3. The van der Waals surface area contributed by atoms with Crippen LogP contribution in [-0.4, -0.2) is 142 Å². The first kappa shape index (κ1) is 60.1. The summed E-state index contributed by atoms with van der Waals surface area (Å²) in [6, 6.07) is 0. The summed E-state index contributed by atoms with van der Waals surface area (Å²) in [5.41, 5.74) is 0. The molecular formula is C52H86O15. The first-order chi connectivity index (χ1) is 32.5. The molecule has 11 atom stereocenters. The van der Waals surface area contributed by atoms with Gasteiger partial charge in [-0.25, -0.2) is 0 Å². The Morgan fingerprint density at radius 1 is 0.493 bits per heavy atom. The fourth-order valence-electron chi connectivity index (χ4n) is 7.32. The van der Waals surface area contributed by atoms with Gasteiger partial charge in [-0.1, -0.05) is 138 Å². The van der Waals surface area contributed by atoms with E-state index in [0.29, 0.717) is 19.3 Å². The van der Waals surface area contributed by atoms with Crippen molar-refractivity contribution in [2.24, 2.45) is 0 Å². The number of carbonyl (C=O) groups excluding carboxylic acids is 2. The smallest absolute Gasteiger partial charge is 0.306 e. The largest absolute Gasteiger partial charge is 0.462 e. The lowest BCUT2D eigenvalue weighted by Gasteiger charge is -2.42. The predicted octanol–water partition coefficient (Wildman–Crippen LogP) is 6.65. The van der Waals surface area contributed by atoms with Gasteiger partial charge in [0.2, 0.25) is 0 Å². The molecule has 11 unspecified atom stereocenters. The third kappa shape index (κ3) is 27.1. The first-order valence-corrected chi connectivity index (χ1v) is 25.0. The van der Waals surface area contributed by atoms with Crippen molar-refractivity contribution in [1.29, 1.82) is 0 Å². The Morgan fingerprint density at radius 2 is 0.970 bits per heavy atom. The number of carbonyl (C=O) groups is 2. The lowest BCUT2D eigenvalue weighted by molar-refractivity contribution is -0.332. The zero-order chi connectivity index (χ0) is 48.9. The average molecular weight is 951 g/mol. The van der Waals surface area contributed by atoms with Crippen LogP contribution in [0.4, 0.5) is 0 Å². The lowest BCUT2D eigenvalue weighted by atomic mass is 9.98. The first-order valence-electron chi connectivity index (χ1n) is 25.0. The highest BCUT2D eigenvalue weighted by Crippen LogP contribution is 2.26. The minimum Gasteiger partial charge on any atom is -0.462 e. The van der Waals surface area contributed by atoms with E-state index in [9.17, 15) is 45.3 Å². The van der Waals surface area contributed by atoms with Crippen LogP contribution in [0, 0.1) is 0 Å². The van der Waals surface area contributed by atoms with Crippen LogP contribution in [0.2, 0.25) is 0 Å². The van der Waals surface area contributed by atoms with Crippen LogP contribution in [0.1, 0.15) is 149 Å². The minimum absolute atomic E-state index is 0.0388. The number of ether oxygens (including phenoxy) is 6. The molecule has 15 heteroatoms. The van der Waals surface area contributed by atoms with E-state index < -0.39 is 99.3 Å². The molecule has 0 amide bonds. The molecule has 0 spiro atoms. The molecule has 0 aromatic carbocycles. The fourth-order valence-corrected chi connectivity index (χ4v) is 7.32. The molecule has 2 aliphatic heterocycles. The zero-order valence-electron chi connectivity index (χ0n) is 40.4. The highest BCUT2D eigenvalue weighted by atomic mass is 16.7. The summed E-state index contributed by atoms with van der Waals surface area (Å²) in [6.45, 7) is 2.35. The van der Waals surface area contributed by atoms with Crippen LogP contribution in [0.15, 0.2) is 72.9 Å². The number of hydrogen-bond acceptors (Lipinski definition) is 15. The number of hydrogen-bond donors (Lipinski definition) is 7. The van der Waals surface area contributed by atoms with Crippen molar-refractivity contribution >= 4 is 11.9 Å². The van der Waals surface area contributed by atoms with Gasteiger partial charge in [-0.3, -0.25) is 9.59 Å². The third-order valence-corrected chi connectivity index (χ3v) is 11.4. The normalized spacial score (nSPS) is 26.6. The molecule has 0 radical (unpaired) electrons. The van der Waals surface area contributed by atoms with Crippen LogP contribution >= 0.6 is 0 Å². The summed E-state index contributed by atoms with van der Waals surface area (Å²) in [4.78, 5) is 25.7. The highest BCUT2D eigenvalue weighted by molar-refractivity contribution is 5.70. The second-order valence-electron chi connectivity index (χ2n) is 17.3. The van der Waals surface area contributed by atoms with E-state index in [2.05, 4.69) is 68.5 Å². The summed E-state index contributed by atoms with van der Waals surface area (Å²) in [5, 5.41) is 72.0. The molecule has 67 heavy (non-hydrogen) atoms. The van der Waals surface area contributed by atoms with Crippen molar-refractivity contribution in [3.05, 3.63) is 72.9 Å². The summed E-state index contributed by atoms with van der Waals surface area (Å²) >= 11 is 0. The average Bonchev–Trinajstić information content (AvgIpc) is 3.32. The van der Waals surface area contributed by atoms with Gasteiger partial charge < -0.3 is 64.2 Å². The van der Waals surface area contributed by atoms with Crippen molar-refractivity contribution in [1.82, 2.24) is 0 Å². The quantitative estimate of drug-likeness (QED) is 0.0196. The Kier molecular flexibility index (Phi) is 34.7. The molecule has 0 aromatic heterocycles. The van der Waals surface area contributed by atoms with Crippen molar-refractivity contribution in [3.63, 3.8) is 0 Å². The molecular weight excluding hydrogens is 865 g/mol. The monoisotopic (exact) mass is 951 g/mol. The maximum atomic E-state index is 12.9. The van der Waals surface area contributed by atoms with E-state index in [4.69, 9.17) is 28.4 Å². The summed E-state index contributed by atoms with van der Waals surface area (Å²) in [6.07, 6.45) is 28.1. The van der Waals surface area contributed by atoms with Gasteiger partial charge >= 0.3 is 11.9 Å². The van der Waals surface area contributed by atoms with Gasteiger partial charge in [-0.15, -0.1) is 0 Å². The fraction of sp³-hybridized carbons (Fsp3) is 0.731. The zero-order valence-corrected chi connectivity index (χ0v) is 40.4. The van der Waals surface area contributed by atoms with Crippen LogP contribution in [-0.2, 0) is 38.0 Å². The number of unbranched alkanes of at least 4 members (excludes halogenated alkanes) is 11. The molecule has 0 aromatic rings. The SMILES string of the molecule is CC/C=C\C/C=C\C/C=C\C/C=C\CCC(=O)OC(COC(=O)CCCCCCCCC/C=C\C/C=C\CCCCCC)COC1OC(COC2OC(CO)C(O)C(O)C2O)C(O)C(O)C1O. The van der Waals surface area contributed by atoms with Gasteiger partial charge in [0.05, 0.1) is 19.8 Å². The van der Waals surface area contributed by atoms with Gasteiger partial charge in [-0.05, 0) is 70.6 Å². The maximum Gasteiger partial charge on any atom is 0.306 e. The minimum atomic E-state index is -1.78. The number of rotatable bonds is 37. The topological polar surface area (TPSA) is 231 Å². The van der Waals surface area contributed by atoms with Crippen LogP contribution in [0.25, 0.3) is 0 Å². The molecule has 2 saturated heterocycles. The Morgan fingerprint density at radius 3 is 1.54 bits per heavy atom. The standard InChI is InChI=1S/C52H86O15/c1-3-5-7-9-11-13-15-17-18-19-20-21-23-24-26-28-30-32-34-43(54)62-37-40(65-44(55)35-33-31-29-27-25-22-16-14-12-10-8-6-4-2)38-63-51-50(61)48(59)46(57)42(67-51)39-64-52-49(60)47(58)45(56)41(36-53)66-52/h6,8,12-15,18-19,22,25,29,31,40-42,45-53,56-61H,3-5,7,9-11,16-17,20-21,23-24,26-28,30,32-39H2,1-2H3/b8-6-,14-12-,15-13-,19-18-,25-22-,31-29-. The van der Waals surface area contributed by atoms with E-state index >= 15 is 0 Å². The predicted molar refractivity (Wildman–Crippen MR) is 256 cm³/mol. The molecule has 0 aliphatic carbocycles. The maximum absolute atomic E-state index is 12.9. The van der Waals surface area contributed by atoms with Gasteiger partial charge in [0.25, 0.3) is 0 Å². The van der Waals surface area contributed by atoms with E-state index in [1.54, 1.807) is 0 Å². The van der Waals surface area contributed by atoms with Crippen molar-refractivity contribution in [3.8, 4) is 0 Å². The van der Waals surface area contributed by atoms with E-state index in [0.717, 1.165) is 57.8 Å². The number of esters is 2. The van der Waals surface area contributed by atoms with Crippen molar-refractivity contribution < 1.29 is 73.8 Å². The molecule has 2 rings (SSSR count). The summed E-state index contributed by atoms with van der Waals surface area (Å²) in [7, 11) is 0. The van der Waals surface area contributed by atoms with Gasteiger partial charge in [0.1, 0.15) is 55.4 Å². The summed E-state index contributed by atoms with van der Waals surface area (Å²) < 4.78 is 33.4.